The van der Waals surface area contributed by atoms with Crippen LogP contribution in [0.4, 0.5) is 4.79 Å². The zero-order chi connectivity index (χ0) is 13.0. The molecular weight excluding hydrogens is 234 g/mol. The van der Waals surface area contributed by atoms with Crippen molar-refractivity contribution in [2.75, 3.05) is 19.8 Å². The SMILES string of the molecule is O=C(O)[C@H]1C[C@@H](OCC(O)CO)CN1C(=O)O. The molecule has 0 spiro atoms. The minimum atomic E-state index is -1.31. The van der Waals surface area contributed by atoms with Gasteiger partial charge in [-0.2, -0.15) is 0 Å². The normalized spacial score (nSPS) is 25.9. The van der Waals surface area contributed by atoms with E-state index in [1.54, 1.807) is 0 Å². The minimum Gasteiger partial charge on any atom is -0.480 e. The fraction of sp³-hybridized carbons (Fsp3) is 0.778. The minimum absolute atomic E-state index is 0.0415. The molecule has 1 amide bonds. The number of hydrogen-bond donors (Lipinski definition) is 4. The first-order valence-electron chi connectivity index (χ1n) is 5.08. The first-order chi connectivity index (χ1) is 7.95. The molecule has 0 saturated carbocycles. The number of ether oxygens (including phenoxy) is 1. The molecule has 17 heavy (non-hydrogen) atoms. The van der Waals surface area contributed by atoms with Crippen LogP contribution in [0.1, 0.15) is 6.42 Å². The van der Waals surface area contributed by atoms with Crippen LogP contribution >= 0.6 is 0 Å². The van der Waals surface area contributed by atoms with Crippen LogP contribution in [0.3, 0.4) is 0 Å². The van der Waals surface area contributed by atoms with Crippen molar-refractivity contribution in [2.45, 2.75) is 24.7 Å². The summed E-state index contributed by atoms with van der Waals surface area (Å²) in [4.78, 5) is 22.4. The Morgan fingerprint density at radius 3 is 2.47 bits per heavy atom. The highest BCUT2D eigenvalue weighted by molar-refractivity contribution is 5.80. The molecule has 0 bridgehead atoms. The summed E-state index contributed by atoms with van der Waals surface area (Å²) in [6.07, 6.45) is -2.89. The van der Waals surface area contributed by atoms with E-state index in [1.807, 2.05) is 0 Å². The fourth-order valence-electron chi connectivity index (χ4n) is 1.66. The monoisotopic (exact) mass is 249 g/mol. The number of hydrogen-bond acceptors (Lipinski definition) is 5. The molecule has 1 unspecified atom stereocenters. The predicted octanol–water partition coefficient (Wildman–Crippen LogP) is -1.44. The molecule has 8 nitrogen and oxygen atoms in total. The van der Waals surface area contributed by atoms with E-state index in [2.05, 4.69) is 0 Å². The van der Waals surface area contributed by atoms with E-state index in [4.69, 9.17) is 25.2 Å². The van der Waals surface area contributed by atoms with Crippen LogP contribution in [0.5, 0.6) is 0 Å². The zero-order valence-electron chi connectivity index (χ0n) is 9.02. The van der Waals surface area contributed by atoms with Gasteiger partial charge in [0.05, 0.1) is 25.9 Å². The van der Waals surface area contributed by atoms with E-state index < -0.39 is 36.9 Å². The van der Waals surface area contributed by atoms with E-state index in [9.17, 15) is 9.59 Å². The van der Waals surface area contributed by atoms with Gasteiger partial charge in [0, 0.05) is 6.42 Å². The third kappa shape index (κ3) is 3.55. The lowest BCUT2D eigenvalue weighted by molar-refractivity contribution is -0.141. The van der Waals surface area contributed by atoms with Crippen molar-refractivity contribution in [3.8, 4) is 0 Å². The van der Waals surface area contributed by atoms with Crippen LogP contribution in [-0.2, 0) is 9.53 Å². The lowest BCUT2D eigenvalue weighted by atomic mass is 10.2. The van der Waals surface area contributed by atoms with Crippen molar-refractivity contribution >= 4 is 12.1 Å². The van der Waals surface area contributed by atoms with Gasteiger partial charge >= 0.3 is 12.1 Å². The summed E-state index contributed by atoms with van der Waals surface area (Å²) in [5, 5.41) is 35.2. The molecule has 1 fully saturated rings. The lowest BCUT2D eigenvalue weighted by Crippen LogP contribution is -2.39. The molecule has 0 radical (unpaired) electrons. The molecule has 98 valence electrons. The number of aliphatic hydroxyl groups excluding tert-OH is 2. The second-order valence-electron chi connectivity index (χ2n) is 3.82. The highest BCUT2D eigenvalue weighted by Crippen LogP contribution is 2.20. The average molecular weight is 249 g/mol. The Balaban J connectivity index is 2.51. The number of carboxylic acid groups (broad SMARTS) is 2. The molecule has 1 saturated heterocycles. The Kier molecular flexibility index (Phi) is 4.67. The molecule has 1 aliphatic rings. The topological polar surface area (TPSA) is 128 Å². The van der Waals surface area contributed by atoms with Gasteiger partial charge in [-0.05, 0) is 0 Å². The number of carbonyl (C=O) groups is 2. The van der Waals surface area contributed by atoms with Crippen LogP contribution in [0.2, 0.25) is 0 Å². The number of amides is 1. The molecular formula is C9H15NO7. The standard InChI is InChI=1S/C9H15NO7/c11-3-5(12)4-17-6-1-7(8(13)14)10(2-6)9(15)16/h5-7,11-12H,1-4H2,(H,13,14)(H,15,16)/t5?,6-,7-/m1/s1. The van der Waals surface area contributed by atoms with Crippen LogP contribution in [-0.4, -0.2) is 75.4 Å². The van der Waals surface area contributed by atoms with Crippen molar-refractivity contribution in [3.05, 3.63) is 0 Å². The number of likely N-dealkylation sites (tertiary alicyclic amines) is 1. The Morgan fingerprint density at radius 2 is 2.06 bits per heavy atom. The number of rotatable bonds is 5. The zero-order valence-corrected chi connectivity index (χ0v) is 9.02. The van der Waals surface area contributed by atoms with Gasteiger partial charge in [0.1, 0.15) is 12.1 Å². The Bertz CT molecular complexity index is 273. The maximum Gasteiger partial charge on any atom is 0.408 e. The Morgan fingerprint density at radius 1 is 1.41 bits per heavy atom. The van der Waals surface area contributed by atoms with Gasteiger partial charge in [0.25, 0.3) is 0 Å². The summed E-state index contributed by atoms with van der Waals surface area (Å²) in [5.41, 5.74) is 0. The molecule has 8 heteroatoms. The summed E-state index contributed by atoms with van der Waals surface area (Å²) in [5.74, 6) is -1.22. The van der Waals surface area contributed by atoms with E-state index in [1.165, 1.54) is 0 Å². The summed E-state index contributed by atoms with van der Waals surface area (Å²) in [7, 11) is 0. The van der Waals surface area contributed by atoms with E-state index in [0.717, 1.165) is 4.90 Å². The molecule has 1 rings (SSSR count). The molecule has 0 aromatic rings. The molecule has 0 aromatic carbocycles. The van der Waals surface area contributed by atoms with Gasteiger partial charge in [0.2, 0.25) is 0 Å². The van der Waals surface area contributed by atoms with Crippen molar-refractivity contribution in [1.82, 2.24) is 4.90 Å². The number of aliphatic hydroxyl groups is 2. The molecule has 1 aliphatic heterocycles. The van der Waals surface area contributed by atoms with Crippen LogP contribution < -0.4 is 0 Å². The molecule has 3 atom stereocenters. The van der Waals surface area contributed by atoms with Crippen LogP contribution in [0.25, 0.3) is 0 Å². The third-order valence-electron chi connectivity index (χ3n) is 2.53. The van der Waals surface area contributed by atoms with Gasteiger partial charge in [-0.25, -0.2) is 9.59 Å². The quantitative estimate of drug-likeness (QED) is 0.470. The summed E-state index contributed by atoms with van der Waals surface area (Å²) in [6.45, 7) is -0.664. The molecule has 4 N–H and O–H groups in total. The van der Waals surface area contributed by atoms with E-state index in [-0.39, 0.29) is 19.6 Å². The van der Waals surface area contributed by atoms with Gasteiger partial charge in [-0.3, -0.25) is 4.90 Å². The summed E-state index contributed by atoms with van der Waals surface area (Å²) in [6, 6.07) is -1.12. The largest absolute Gasteiger partial charge is 0.480 e. The first-order valence-corrected chi connectivity index (χ1v) is 5.08. The van der Waals surface area contributed by atoms with E-state index >= 15 is 0 Å². The van der Waals surface area contributed by atoms with Crippen molar-refractivity contribution in [2.24, 2.45) is 0 Å². The first kappa shape index (κ1) is 13.7. The highest BCUT2D eigenvalue weighted by atomic mass is 16.5. The second-order valence-corrected chi connectivity index (χ2v) is 3.82. The van der Waals surface area contributed by atoms with Crippen LogP contribution in [0.15, 0.2) is 0 Å². The van der Waals surface area contributed by atoms with Gasteiger partial charge in [0.15, 0.2) is 0 Å². The predicted molar refractivity (Wildman–Crippen MR) is 53.6 cm³/mol. The molecule has 1 heterocycles. The van der Waals surface area contributed by atoms with Crippen molar-refractivity contribution in [3.63, 3.8) is 0 Å². The molecule has 0 aliphatic carbocycles. The lowest BCUT2D eigenvalue weighted by Gasteiger charge is -2.16. The van der Waals surface area contributed by atoms with Crippen molar-refractivity contribution in [1.29, 1.82) is 0 Å². The number of nitrogens with zero attached hydrogens (tertiary/aromatic N) is 1. The van der Waals surface area contributed by atoms with E-state index in [0.29, 0.717) is 0 Å². The highest BCUT2D eigenvalue weighted by Gasteiger charge is 2.40. The third-order valence-corrected chi connectivity index (χ3v) is 2.53. The maximum atomic E-state index is 10.8. The number of aliphatic carboxylic acids is 1. The Hall–Kier alpha value is -1.38. The van der Waals surface area contributed by atoms with Crippen LogP contribution in [0, 0.1) is 0 Å². The summed E-state index contributed by atoms with van der Waals surface area (Å²) < 4.78 is 5.14. The Labute approximate surface area is 97.0 Å². The summed E-state index contributed by atoms with van der Waals surface area (Å²) >= 11 is 0. The van der Waals surface area contributed by atoms with Gasteiger partial charge in [-0.1, -0.05) is 0 Å². The number of carboxylic acids is 1. The smallest absolute Gasteiger partial charge is 0.408 e. The molecule has 0 aromatic heterocycles. The maximum absolute atomic E-state index is 10.8. The fourth-order valence-corrected chi connectivity index (χ4v) is 1.66. The van der Waals surface area contributed by atoms with Gasteiger partial charge in [-0.15, -0.1) is 0 Å². The van der Waals surface area contributed by atoms with Crippen molar-refractivity contribution < 1.29 is 34.8 Å². The average Bonchev–Trinajstić information content (AvgIpc) is 2.70. The second kappa shape index (κ2) is 5.80. The van der Waals surface area contributed by atoms with Gasteiger partial charge < -0.3 is 25.2 Å².